The number of ketones is 1. The Bertz CT molecular complexity index is 715. The Balaban J connectivity index is 1.58. The van der Waals surface area contributed by atoms with Crippen LogP contribution in [0.15, 0.2) is 30.3 Å². The lowest BCUT2D eigenvalue weighted by molar-refractivity contribution is -0.140. The van der Waals surface area contributed by atoms with Gasteiger partial charge in [-0.15, -0.1) is 0 Å². The van der Waals surface area contributed by atoms with Crippen molar-refractivity contribution in [3.05, 3.63) is 30.3 Å². The molecule has 1 aromatic carbocycles. The van der Waals surface area contributed by atoms with Crippen molar-refractivity contribution in [2.75, 3.05) is 6.61 Å². The summed E-state index contributed by atoms with van der Waals surface area (Å²) in [7, 11) is 0. The number of hydrazine groups is 1. The Hall–Kier alpha value is -2.37. The van der Waals surface area contributed by atoms with Crippen LogP contribution in [0.4, 0.5) is 0 Å². The third kappa shape index (κ3) is 2.51. The summed E-state index contributed by atoms with van der Waals surface area (Å²) in [4.78, 5) is 37.1. The SMILES string of the molecule is CC12CCC(C(=O)NNC(=O)COc3ccccc3)(CC1=O)C2(C)C. The van der Waals surface area contributed by atoms with Crippen molar-refractivity contribution in [3.63, 3.8) is 0 Å². The van der Waals surface area contributed by atoms with E-state index < -0.39 is 22.2 Å². The van der Waals surface area contributed by atoms with Crippen LogP contribution in [0, 0.1) is 16.2 Å². The topological polar surface area (TPSA) is 84.5 Å². The molecule has 6 heteroatoms. The summed E-state index contributed by atoms with van der Waals surface area (Å²) in [6, 6.07) is 8.97. The zero-order valence-electron chi connectivity index (χ0n) is 14.8. The molecule has 2 unspecified atom stereocenters. The molecular weight excluding hydrogens is 320 g/mol. The van der Waals surface area contributed by atoms with Crippen molar-refractivity contribution in [1.82, 2.24) is 10.9 Å². The lowest BCUT2D eigenvalue weighted by Crippen LogP contribution is -2.53. The molecule has 0 aromatic heterocycles. The highest BCUT2D eigenvalue weighted by molar-refractivity contribution is 6.00. The van der Waals surface area contributed by atoms with E-state index in [1.54, 1.807) is 12.1 Å². The van der Waals surface area contributed by atoms with Gasteiger partial charge in [0.25, 0.3) is 5.91 Å². The van der Waals surface area contributed by atoms with Gasteiger partial charge in [-0.1, -0.05) is 39.0 Å². The number of rotatable bonds is 4. The zero-order chi connectivity index (χ0) is 18.3. The minimum Gasteiger partial charge on any atom is -0.484 e. The molecule has 0 aliphatic heterocycles. The van der Waals surface area contributed by atoms with Gasteiger partial charge in [0.05, 0.1) is 5.41 Å². The molecule has 2 N–H and O–H groups in total. The molecule has 0 heterocycles. The Labute approximate surface area is 147 Å². The maximum Gasteiger partial charge on any atom is 0.276 e. The molecule has 1 aromatic rings. The summed E-state index contributed by atoms with van der Waals surface area (Å²) in [6.07, 6.45) is 1.60. The maximum atomic E-state index is 12.8. The van der Waals surface area contributed by atoms with Crippen molar-refractivity contribution in [3.8, 4) is 5.75 Å². The molecule has 0 spiro atoms. The second-order valence-corrected chi connectivity index (χ2v) is 7.74. The van der Waals surface area contributed by atoms with E-state index in [0.717, 1.165) is 0 Å². The Kier molecular flexibility index (Phi) is 4.09. The van der Waals surface area contributed by atoms with Gasteiger partial charge in [0.1, 0.15) is 11.5 Å². The van der Waals surface area contributed by atoms with Crippen LogP contribution in [0.3, 0.4) is 0 Å². The first-order chi connectivity index (χ1) is 11.7. The first kappa shape index (κ1) is 17.5. The van der Waals surface area contributed by atoms with Gasteiger partial charge in [-0.3, -0.25) is 25.2 Å². The van der Waals surface area contributed by atoms with E-state index in [-0.39, 0.29) is 24.7 Å². The molecule has 2 bridgehead atoms. The molecular formula is C19H24N2O4. The van der Waals surface area contributed by atoms with E-state index in [4.69, 9.17) is 4.74 Å². The van der Waals surface area contributed by atoms with Crippen LogP contribution in [0.5, 0.6) is 5.75 Å². The highest BCUT2D eigenvalue weighted by Crippen LogP contribution is 2.70. The van der Waals surface area contributed by atoms with Gasteiger partial charge in [-0.25, -0.2) is 0 Å². The largest absolute Gasteiger partial charge is 0.484 e. The van der Waals surface area contributed by atoms with Crippen molar-refractivity contribution in [1.29, 1.82) is 0 Å². The summed E-state index contributed by atoms with van der Waals surface area (Å²) >= 11 is 0. The third-order valence-electron chi connectivity index (χ3n) is 6.57. The number of benzene rings is 1. The molecule has 0 radical (unpaired) electrons. The molecule has 2 atom stereocenters. The molecule has 6 nitrogen and oxygen atoms in total. The van der Waals surface area contributed by atoms with Gasteiger partial charge >= 0.3 is 0 Å². The standard InChI is InChI=1S/C19H24N2O4/c1-17(2)18(3)9-10-19(17,11-14(18)22)16(24)21-20-15(23)12-25-13-7-5-4-6-8-13/h4-8H,9-12H2,1-3H3,(H,20,23)(H,21,24). The van der Waals surface area contributed by atoms with Gasteiger partial charge in [-0.2, -0.15) is 0 Å². The maximum absolute atomic E-state index is 12.8. The summed E-state index contributed by atoms with van der Waals surface area (Å²) in [5.41, 5.74) is 3.24. The number of fused-ring (bicyclic) bond motifs is 2. The molecule has 2 aliphatic rings. The average Bonchev–Trinajstić information content (AvgIpc) is 2.89. The smallest absolute Gasteiger partial charge is 0.276 e. The Morgan fingerprint density at radius 1 is 1.08 bits per heavy atom. The van der Waals surface area contributed by atoms with Crippen LogP contribution < -0.4 is 15.6 Å². The monoisotopic (exact) mass is 344 g/mol. The molecule has 134 valence electrons. The van der Waals surface area contributed by atoms with Crippen LogP contribution in [0.25, 0.3) is 0 Å². The van der Waals surface area contributed by atoms with Crippen LogP contribution in [0.2, 0.25) is 0 Å². The number of carbonyl (C=O) groups excluding carboxylic acids is 3. The first-order valence-electron chi connectivity index (χ1n) is 8.53. The number of amides is 2. The Morgan fingerprint density at radius 2 is 1.76 bits per heavy atom. The number of nitrogens with one attached hydrogen (secondary N) is 2. The number of hydrogen-bond acceptors (Lipinski definition) is 4. The number of para-hydroxylation sites is 1. The Morgan fingerprint density at radius 3 is 2.32 bits per heavy atom. The quantitative estimate of drug-likeness (QED) is 0.818. The van der Waals surface area contributed by atoms with Crippen molar-refractivity contribution >= 4 is 17.6 Å². The fraction of sp³-hybridized carbons (Fsp3) is 0.526. The number of Topliss-reactive ketones (excluding diaryl/α,β-unsaturated/α-hetero) is 1. The van der Waals surface area contributed by atoms with Crippen LogP contribution in [-0.4, -0.2) is 24.2 Å². The minimum atomic E-state index is -0.758. The lowest BCUT2D eigenvalue weighted by Gasteiger charge is -2.38. The number of hydrogen-bond donors (Lipinski definition) is 2. The van der Waals surface area contributed by atoms with Crippen LogP contribution >= 0.6 is 0 Å². The van der Waals surface area contributed by atoms with Gasteiger partial charge in [0, 0.05) is 11.8 Å². The van der Waals surface area contributed by atoms with Crippen molar-refractivity contribution in [2.24, 2.45) is 16.2 Å². The highest BCUT2D eigenvalue weighted by atomic mass is 16.5. The predicted molar refractivity (Wildman–Crippen MR) is 91.4 cm³/mol. The average molecular weight is 344 g/mol. The molecule has 2 saturated carbocycles. The van der Waals surface area contributed by atoms with Gasteiger partial charge in [0.2, 0.25) is 5.91 Å². The van der Waals surface area contributed by atoms with Crippen LogP contribution in [-0.2, 0) is 14.4 Å². The van der Waals surface area contributed by atoms with E-state index in [2.05, 4.69) is 10.9 Å². The predicted octanol–water partition coefficient (Wildman–Crippen LogP) is 2.00. The summed E-state index contributed by atoms with van der Waals surface area (Å²) in [5, 5.41) is 0. The molecule has 3 rings (SSSR count). The molecule has 2 amide bonds. The van der Waals surface area contributed by atoms with Gasteiger partial charge in [-0.05, 0) is 30.4 Å². The molecule has 2 aliphatic carbocycles. The second kappa shape index (κ2) is 5.86. The van der Waals surface area contributed by atoms with Crippen LogP contribution in [0.1, 0.15) is 40.0 Å². The third-order valence-corrected chi connectivity index (χ3v) is 6.57. The van der Waals surface area contributed by atoms with E-state index >= 15 is 0 Å². The van der Waals surface area contributed by atoms with E-state index in [1.165, 1.54) is 0 Å². The summed E-state index contributed by atoms with van der Waals surface area (Å²) in [5.74, 6) is -0.0223. The van der Waals surface area contributed by atoms with Gasteiger partial charge < -0.3 is 4.74 Å². The van der Waals surface area contributed by atoms with E-state index in [1.807, 2.05) is 39.0 Å². The normalized spacial score (nSPS) is 29.3. The molecule has 2 fully saturated rings. The lowest BCUT2D eigenvalue weighted by atomic mass is 9.64. The van der Waals surface area contributed by atoms with E-state index in [0.29, 0.717) is 18.6 Å². The van der Waals surface area contributed by atoms with Crippen molar-refractivity contribution < 1.29 is 19.1 Å². The highest BCUT2D eigenvalue weighted by Gasteiger charge is 2.72. The fourth-order valence-corrected chi connectivity index (χ4v) is 4.31. The number of ether oxygens (including phenoxy) is 1. The summed E-state index contributed by atoms with van der Waals surface area (Å²) < 4.78 is 5.34. The van der Waals surface area contributed by atoms with Gasteiger partial charge in [0.15, 0.2) is 6.61 Å². The first-order valence-corrected chi connectivity index (χ1v) is 8.53. The second-order valence-electron chi connectivity index (χ2n) is 7.74. The number of carbonyl (C=O) groups is 3. The molecule has 25 heavy (non-hydrogen) atoms. The molecule has 0 saturated heterocycles. The minimum absolute atomic E-state index is 0.137. The zero-order valence-corrected chi connectivity index (χ0v) is 14.8. The summed E-state index contributed by atoms with van der Waals surface area (Å²) in [6.45, 7) is 5.70. The van der Waals surface area contributed by atoms with Crippen molar-refractivity contribution in [2.45, 2.75) is 40.0 Å². The fourth-order valence-electron chi connectivity index (χ4n) is 4.31. The van der Waals surface area contributed by atoms with E-state index in [9.17, 15) is 14.4 Å².